The molecule has 1 aromatic rings. The van der Waals surface area contributed by atoms with E-state index in [0.717, 1.165) is 0 Å². The van der Waals surface area contributed by atoms with Crippen LogP contribution in [0.5, 0.6) is 0 Å². The van der Waals surface area contributed by atoms with Gasteiger partial charge in [0, 0.05) is 17.8 Å². The van der Waals surface area contributed by atoms with Crippen molar-refractivity contribution < 1.29 is 9.53 Å². The predicted octanol–water partition coefficient (Wildman–Crippen LogP) is 4.15. The van der Waals surface area contributed by atoms with Gasteiger partial charge in [0.05, 0.1) is 5.56 Å². The first kappa shape index (κ1) is 19.5. The lowest BCUT2D eigenvalue weighted by Gasteiger charge is -2.23. The van der Waals surface area contributed by atoms with E-state index >= 15 is 0 Å². The highest BCUT2D eigenvalue weighted by molar-refractivity contribution is 5.89. The topological polar surface area (TPSA) is 64.3 Å². The Morgan fingerprint density at radius 2 is 1.70 bits per heavy atom. The van der Waals surface area contributed by atoms with Crippen LogP contribution in [0.2, 0.25) is 0 Å². The summed E-state index contributed by atoms with van der Waals surface area (Å²) < 4.78 is 5.40. The van der Waals surface area contributed by atoms with Gasteiger partial charge in [-0.15, -0.1) is 0 Å². The summed E-state index contributed by atoms with van der Waals surface area (Å²) in [5.41, 5.74) is 6.81. The Kier molecular flexibility index (Phi) is 9.37. The normalized spacial score (nSPS) is 12.3. The molecule has 0 heterocycles. The molecule has 0 unspecified atom stereocenters. The third-order valence-electron chi connectivity index (χ3n) is 3.94. The summed E-state index contributed by atoms with van der Waals surface area (Å²) in [5.74, 6) is -0.294. The number of hydrogen-bond donors (Lipinski definition) is 2. The highest BCUT2D eigenvalue weighted by Gasteiger charge is 2.14. The largest absolute Gasteiger partial charge is 0.460 e. The van der Waals surface area contributed by atoms with Crippen molar-refractivity contribution in [2.75, 3.05) is 12.3 Å². The maximum Gasteiger partial charge on any atom is 0.338 e. The molecular weight excluding hydrogens is 288 g/mol. The summed E-state index contributed by atoms with van der Waals surface area (Å²) in [6.07, 6.45) is 7.27. The summed E-state index contributed by atoms with van der Waals surface area (Å²) >= 11 is 0. The van der Waals surface area contributed by atoms with Gasteiger partial charge in [-0.1, -0.05) is 39.5 Å². The van der Waals surface area contributed by atoms with Gasteiger partial charge in [-0.3, -0.25) is 0 Å². The number of anilines is 1. The molecule has 0 saturated heterocycles. The second-order valence-corrected chi connectivity index (χ2v) is 6.27. The average Bonchev–Trinajstić information content (AvgIpc) is 2.55. The van der Waals surface area contributed by atoms with Gasteiger partial charge in [-0.25, -0.2) is 4.79 Å². The zero-order chi connectivity index (χ0) is 17.1. The van der Waals surface area contributed by atoms with Gasteiger partial charge in [-0.05, 0) is 44.0 Å². The van der Waals surface area contributed by atoms with Gasteiger partial charge in [-0.2, -0.15) is 0 Å². The molecule has 0 aliphatic carbocycles. The SMILES string of the molecule is CCCCC(CCCC)N[C@@H](C)COC(=O)c1ccc(N)cc1. The van der Waals surface area contributed by atoms with E-state index in [1.165, 1.54) is 38.5 Å². The van der Waals surface area contributed by atoms with E-state index in [2.05, 4.69) is 26.1 Å². The summed E-state index contributed by atoms with van der Waals surface area (Å²) in [5, 5.41) is 3.61. The lowest BCUT2D eigenvalue weighted by atomic mass is 10.0. The molecule has 130 valence electrons. The summed E-state index contributed by atoms with van der Waals surface area (Å²) in [6.45, 7) is 6.89. The number of nitrogens with two attached hydrogens (primary N) is 1. The minimum atomic E-state index is -0.294. The molecule has 23 heavy (non-hydrogen) atoms. The molecule has 1 atom stereocenters. The highest BCUT2D eigenvalue weighted by Crippen LogP contribution is 2.10. The molecule has 0 aromatic heterocycles. The van der Waals surface area contributed by atoms with E-state index in [9.17, 15) is 4.79 Å². The first-order valence-electron chi connectivity index (χ1n) is 8.85. The summed E-state index contributed by atoms with van der Waals surface area (Å²) in [4.78, 5) is 12.0. The van der Waals surface area contributed by atoms with E-state index in [-0.39, 0.29) is 12.0 Å². The molecule has 1 rings (SSSR count). The number of benzene rings is 1. The number of unbranched alkanes of at least 4 members (excludes halogenated alkanes) is 2. The molecule has 0 radical (unpaired) electrons. The van der Waals surface area contributed by atoms with Crippen LogP contribution in [-0.4, -0.2) is 24.7 Å². The fourth-order valence-electron chi connectivity index (χ4n) is 2.57. The van der Waals surface area contributed by atoms with Crippen molar-refractivity contribution in [1.29, 1.82) is 0 Å². The van der Waals surface area contributed by atoms with Crippen molar-refractivity contribution in [1.82, 2.24) is 5.32 Å². The summed E-state index contributed by atoms with van der Waals surface area (Å²) in [7, 11) is 0. The number of nitrogens with one attached hydrogen (secondary N) is 1. The number of rotatable bonds is 11. The zero-order valence-electron chi connectivity index (χ0n) is 14.8. The molecule has 0 aliphatic heterocycles. The minimum Gasteiger partial charge on any atom is -0.460 e. The van der Waals surface area contributed by atoms with E-state index in [1.54, 1.807) is 24.3 Å². The maximum absolute atomic E-state index is 12.0. The molecule has 3 N–H and O–H groups in total. The first-order chi connectivity index (χ1) is 11.1. The van der Waals surface area contributed by atoms with Crippen LogP contribution >= 0.6 is 0 Å². The van der Waals surface area contributed by atoms with Crippen molar-refractivity contribution in [3.05, 3.63) is 29.8 Å². The molecule has 0 amide bonds. The highest BCUT2D eigenvalue weighted by atomic mass is 16.5. The molecule has 0 fully saturated rings. The number of carbonyl (C=O) groups is 1. The standard InChI is InChI=1S/C19H32N2O2/c1-4-6-8-18(9-7-5-2)21-15(3)14-23-19(22)16-10-12-17(20)13-11-16/h10-13,15,18,21H,4-9,14,20H2,1-3H3/t15-/m0/s1. The maximum atomic E-state index is 12.0. The smallest absolute Gasteiger partial charge is 0.338 e. The van der Waals surface area contributed by atoms with Gasteiger partial charge < -0.3 is 15.8 Å². The van der Waals surface area contributed by atoms with E-state index in [4.69, 9.17) is 10.5 Å². The average molecular weight is 320 g/mol. The Hall–Kier alpha value is -1.55. The Morgan fingerprint density at radius 3 is 2.22 bits per heavy atom. The monoisotopic (exact) mass is 320 g/mol. The number of nitrogen functional groups attached to an aromatic ring is 1. The van der Waals surface area contributed by atoms with Gasteiger partial charge in [0.25, 0.3) is 0 Å². The number of carbonyl (C=O) groups excluding carboxylic acids is 1. The van der Waals surface area contributed by atoms with Crippen molar-refractivity contribution in [3.63, 3.8) is 0 Å². The van der Waals surface area contributed by atoms with Crippen LogP contribution in [0.1, 0.15) is 69.7 Å². The fourth-order valence-corrected chi connectivity index (χ4v) is 2.57. The Bertz CT molecular complexity index is 437. The molecule has 1 aromatic carbocycles. The second kappa shape index (κ2) is 11.1. The molecular formula is C19H32N2O2. The van der Waals surface area contributed by atoms with Crippen LogP contribution < -0.4 is 11.1 Å². The van der Waals surface area contributed by atoms with Gasteiger partial charge >= 0.3 is 5.97 Å². The predicted molar refractivity (Wildman–Crippen MR) is 96.6 cm³/mol. The Morgan fingerprint density at radius 1 is 1.13 bits per heavy atom. The van der Waals surface area contributed by atoms with Crippen molar-refractivity contribution in [2.24, 2.45) is 0 Å². The quantitative estimate of drug-likeness (QED) is 0.475. The van der Waals surface area contributed by atoms with Gasteiger partial charge in [0.1, 0.15) is 6.61 Å². The van der Waals surface area contributed by atoms with Crippen molar-refractivity contribution in [3.8, 4) is 0 Å². The van der Waals surface area contributed by atoms with E-state index < -0.39 is 0 Å². The summed E-state index contributed by atoms with van der Waals surface area (Å²) in [6, 6.07) is 7.49. The van der Waals surface area contributed by atoms with E-state index in [0.29, 0.717) is 23.9 Å². The molecule has 0 spiro atoms. The lowest BCUT2D eigenvalue weighted by Crippen LogP contribution is -2.39. The molecule has 0 aliphatic rings. The second-order valence-electron chi connectivity index (χ2n) is 6.27. The Balaban J connectivity index is 2.39. The zero-order valence-corrected chi connectivity index (χ0v) is 14.8. The van der Waals surface area contributed by atoms with Crippen LogP contribution in [-0.2, 0) is 4.74 Å². The molecule has 0 bridgehead atoms. The molecule has 4 heteroatoms. The third kappa shape index (κ3) is 8.03. The van der Waals surface area contributed by atoms with Crippen LogP contribution in [0.4, 0.5) is 5.69 Å². The minimum absolute atomic E-state index is 0.159. The third-order valence-corrected chi connectivity index (χ3v) is 3.94. The number of hydrogen-bond acceptors (Lipinski definition) is 4. The van der Waals surface area contributed by atoms with Crippen LogP contribution in [0, 0.1) is 0 Å². The van der Waals surface area contributed by atoms with Gasteiger partial charge in [0.2, 0.25) is 0 Å². The number of esters is 1. The van der Waals surface area contributed by atoms with Crippen molar-refractivity contribution >= 4 is 11.7 Å². The van der Waals surface area contributed by atoms with Crippen LogP contribution in [0.25, 0.3) is 0 Å². The Labute approximate surface area is 140 Å². The van der Waals surface area contributed by atoms with E-state index in [1.807, 2.05) is 0 Å². The fraction of sp³-hybridized carbons (Fsp3) is 0.632. The molecule has 0 saturated carbocycles. The van der Waals surface area contributed by atoms with Crippen molar-refractivity contribution in [2.45, 2.75) is 71.4 Å². The van der Waals surface area contributed by atoms with Gasteiger partial charge in [0.15, 0.2) is 0 Å². The lowest BCUT2D eigenvalue weighted by molar-refractivity contribution is 0.0465. The number of ether oxygens (including phenoxy) is 1. The molecule has 4 nitrogen and oxygen atoms in total. The first-order valence-corrected chi connectivity index (χ1v) is 8.85. The van der Waals surface area contributed by atoms with Crippen LogP contribution in [0.15, 0.2) is 24.3 Å². The van der Waals surface area contributed by atoms with Crippen LogP contribution in [0.3, 0.4) is 0 Å².